The number of benzene rings is 1. The molecule has 2 aromatic heterocycles. The molecule has 0 spiro atoms. The average molecular weight is 393 g/mol. The predicted octanol–water partition coefficient (Wildman–Crippen LogP) is 1.49. The Kier molecular flexibility index (Phi) is 4.93. The molecule has 1 aliphatic rings. The van der Waals surface area contributed by atoms with Crippen molar-refractivity contribution in [1.82, 2.24) is 25.0 Å². The van der Waals surface area contributed by atoms with Crippen LogP contribution in [0.1, 0.15) is 42.0 Å². The van der Waals surface area contributed by atoms with Gasteiger partial charge in [-0.2, -0.15) is 5.10 Å². The molecule has 1 fully saturated rings. The Bertz CT molecular complexity index is 1090. The molecule has 1 amide bonds. The Morgan fingerprint density at radius 2 is 2.07 bits per heavy atom. The number of amides is 1. The Morgan fingerprint density at radius 1 is 1.28 bits per heavy atom. The van der Waals surface area contributed by atoms with Gasteiger partial charge in [-0.3, -0.25) is 9.48 Å². The SMILES string of the molecule is Cn1cc2c(Nc3nc(C(=N)[C@@H]4CCCC[C@@H]4N)nnc3C(N)=O)cccc2n1. The van der Waals surface area contributed by atoms with Crippen molar-refractivity contribution >= 4 is 34.0 Å². The number of nitrogens with two attached hydrogens (primary N) is 2. The van der Waals surface area contributed by atoms with Gasteiger partial charge in [0.2, 0.25) is 0 Å². The Hall–Kier alpha value is -3.40. The topological polar surface area (TPSA) is 161 Å². The fourth-order valence-electron chi connectivity index (χ4n) is 3.78. The van der Waals surface area contributed by atoms with Gasteiger partial charge in [-0.1, -0.05) is 18.9 Å². The molecule has 0 radical (unpaired) electrons. The van der Waals surface area contributed by atoms with E-state index in [2.05, 4.69) is 25.6 Å². The maximum Gasteiger partial charge on any atom is 0.273 e. The first-order chi connectivity index (χ1) is 13.9. The zero-order chi connectivity index (χ0) is 20.5. The van der Waals surface area contributed by atoms with Crippen molar-refractivity contribution in [2.24, 2.45) is 24.4 Å². The number of anilines is 2. The highest BCUT2D eigenvalue weighted by molar-refractivity contribution is 6.01. The molecule has 0 unspecified atom stereocenters. The summed E-state index contributed by atoms with van der Waals surface area (Å²) in [6.07, 6.45) is 5.63. The summed E-state index contributed by atoms with van der Waals surface area (Å²) in [7, 11) is 1.83. The van der Waals surface area contributed by atoms with E-state index >= 15 is 0 Å². The molecule has 10 heteroatoms. The molecule has 2 heterocycles. The quantitative estimate of drug-likeness (QED) is 0.477. The summed E-state index contributed by atoms with van der Waals surface area (Å²) in [5, 5.41) is 24.8. The maximum absolute atomic E-state index is 11.9. The lowest BCUT2D eigenvalue weighted by Gasteiger charge is -2.28. The monoisotopic (exact) mass is 393 g/mol. The molecule has 6 N–H and O–H groups in total. The van der Waals surface area contributed by atoms with E-state index in [1.165, 1.54) is 0 Å². The number of nitrogens with one attached hydrogen (secondary N) is 2. The normalized spacial score (nSPS) is 19.2. The van der Waals surface area contributed by atoms with Crippen molar-refractivity contribution in [3.8, 4) is 0 Å². The van der Waals surface area contributed by atoms with Gasteiger partial charge < -0.3 is 22.2 Å². The third kappa shape index (κ3) is 3.66. The number of carbonyl (C=O) groups is 1. The first-order valence-electron chi connectivity index (χ1n) is 9.52. The smallest absolute Gasteiger partial charge is 0.273 e. The number of carbonyl (C=O) groups excluding carboxylic acids is 1. The second-order valence-corrected chi connectivity index (χ2v) is 7.33. The van der Waals surface area contributed by atoms with Gasteiger partial charge in [-0.25, -0.2) is 4.98 Å². The number of primary amides is 1. The van der Waals surface area contributed by atoms with Crippen molar-refractivity contribution in [2.75, 3.05) is 5.32 Å². The van der Waals surface area contributed by atoms with Crippen molar-refractivity contribution in [2.45, 2.75) is 31.7 Å². The average Bonchev–Trinajstić information content (AvgIpc) is 3.09. The zero-order valence-electron chi connectivity index (χ0n) is 16.1. The third-order valence-corrected chi connectivity index (χ3v) is 5.27. The van der Waals surface area contributed by atoms with E-state index in [1.54, 1.807) is 4.68 Å². The van der Waals surface area contributed by atoms with Crippen LogP contribution in [0.15, 0.2) is 24.4 Å². The first-order valence-corrected chi connectivity index (χ1v) is 9.52. The first kappa shape index (κ1) is 18.9. The second kappa shape index (κ2) is 7.55. The van der Waals surface area contributed by atoms with Crippen LogP contribution in [-0.2, 0) is 7.05 Å². The summed E-state index contributed by atoms with van der Waals surface area (Å²) >= 11 is 0. The second-order valence-electron chi connectivity index (χ2n) is 7.33. The van der Waals surface area contributed by atoms with Gasteiger partial charge in [-0.05, 0) is 25.0 Å². The van der Waals surface area contributed by atoms with Gasteiger partial charge in [-0.15, -0.1) is 10.2 Å². The van der Waals surface area contributed by atoms with Crippen LogP contribution in [0, 0.1) is 11.3 Å². The van der Waals surface area contributed by atoms with Gasteiger partial charge in [0.05, 0.1) is 16.9 Å². The largest absolute Gasteiger partial charge is 0.364 e. The molecule has 10 nitrogen and oxygen atoms in total. The molecule has 29 heavy (non-hydrogen) atoms. The molecule has 1 aliphatic carbocycles. The van der Waals surface area contributed by atoms with Crippen LogP contribution in [0.4, 0.5) is 11.5 Å². The molecule has 0 saturated heterocycles. The van der Waals surface area contributed by atoms with E-state index in [1.807, 2.05) is 31.4 Å². The summed E-state index contributed by atoms with van der Waals surface area (Å²) in [5.74, 6) is -0.566. The molecule has 150 valence electrons. The number of rotatable bonds is 5. The third-order valence-electron chi connectivity index (χ3n) is 5.27. The Morgan fingerprint density at radius 3 is 2.83 bits per heavy atom. The van der Waals surface area contributed by atoms with Crippen LogP contribution < -0.4 is 16.8 Å². The van der Waals surface area contributed by atoms with Crippen LogP contribution >= 0.6 is 0 Å². The van der Waals surface area contributed by atoms with E-state index in [4.69, 9.17) is 16.9 Å². The van der Waals surface area contributed by atoms with E-state index in [-0.39, 0.29) is 35.0 Å². The molecule has 3 aromatic rings. The summed E-state index contributed by atoms with van der Waals surface area (Å²) in [6.45, 7) is 0. The summed E-state index contributed by atoms with van der Waals surface area (Å²) < 4.78 is 1.70. The van der Waals surface area contributed by atoms with Gasteiger partial charge in [0.15, 0.2) is 17.3 Å². The number of nitrogens with zero attached hydrogens (tertiary/aromatic N) is 5. The van der Waals surface area contributed by atoms with Crippen molar-refractivity contribution in [3.63, 3.8) is 0 Å². The number of hydrogen-bond acceptors (Lipinski definition) is 8. The molecule has 2 atom stereocenters. The minimum absolute atomic E-state index is 0.0876. The van der Waals surface area contributed by atoms with Crippen molar-refractivity contribution in [1.29, 1.82) is 5.41 Å². The lowest BCUT2D eigenvalue weighted by atomic mass is 9.81. The Labute approximate surface area is 167 Å². The summed E-state index contributed by atoms with van der Waals surface area (Å²) in [4.78, 5) is 16.3. The van der Waals surface area contributed by atoms with Gasteiger partial charge >= 0.3 is 0 Å². The van der Waals surface area contributed by atoms with Crippen LogP contribution in [0.3, 0.4) is 0 Å². The number of hydrogen-bond donors (Lipinski definition) is 4. The van der Waals surface area contributed by atoms with Crippen LogP contribution in [-0.4, -0.2) is 42.6 Å². The molecule has 1 aromatic carbocycles. The molecule has 4 rings (SSSR count). The minimum Gasteiger partial charge on any atom is -0.364 e. The minimum atomic E-state index is -0.752. The van der Waals surface area contributed by atoms with Gasteiger partial charge in [0.1, 0.15) is 0 Å². The lowest BCUT2D eigenvalue weighted by Crippen LogP contribution is -2.39. The zero-order valence-corrected chi connectivity index (χ0v) is 16.1. The molecule has 1 saturated carbocycles. The van der Waals surface area contributed by atoms with E-state index in [0.717, 1.165) is 36.6 Å². The molecule has 0 aliphatic heterocycles. The number of fused-ring (bicyclic) bond motifs is 1. The van der Waals surface area contributed by atoms with Gasteiger partial charge in [0, 0.05) is 30.6 Å². The van der Waals surface area contributed by atoms with Crippen LogP contribution in [0.5, 0.6) is 0 Å². The van der Waals surface area contributed by atoms with Crippen LogP contribution in [0.25, 0.3) is 10.9 Å². The molecule has 0 bridgehead atoms. The highest BCUT2D eigenvalue weighted by Gasteiger charge is 2.29. The highest BCUT2D eigenvalue weighted by Crippen LogP contribution is 2.28. The van der Waals surface area contributed by atoms with E-state index in [9.17, 15) is 4.79 Å². The summed E-state index contributed by atoms with van der Waals surface area (Å²) in [5.41, 5.74) is 13.3. The highest BCUT2D eigenvalue weighted by atomic mass is 16.1. The lowest BCUT2D eigenvalue weighted by molar-refractivity contribution is 0.0995. The van der Waals surface area contributed by atoms with Crippen molar-refractivity contribution < 1.29 is 4.79 Å². The Balaban J connectivity index is 1.72. The van der Waals surface area contributed by atoms with Crippen LogP contribution in [0.2, 0.25) is 0 Å². The fraction of sp³-hybridized carbons (Fsp3) is 0.368. The molecular formula is C19H23N9O. The fourth-order valence-corrected chi connectivity index (χ4v) is 3.78. The number of aryl methyl sites for hydroxylation is 1. The van der Waals surface area contributed by atoms with Crippen molar-refractivity contribution in [3.05, 3.63) is 35.9 Å². The number of aromatic nitrogens is 5. The van der Waals surface area contributed by atoms with Gasteiger partial charge in [0.25, 0.3) is 5.91 Å². The maximum atomic E-state index is 11.9. The van der Waals surface area contributed by atoms with E-state index < -0.39 is 5.91 Å². The predicted molar refractivity (Wildman–Crippen MR) is 109 cm³/mol. The molecular weight excluding hydrogens is 370 g/mol. The standard InChI is InChI=1S/C19H23N9O/c1-28-9-11-13(7-4-8-14(11)27-28)23-19-16(17(22)29)25-26-18(24-19)15(21)10-5-2-3-6-12(10)20/h4,7-10,12,21H,2-3,5-6,20H2,1H3,(H2,22,29)(H,23,24,26)/t10-,12+/m1/s1. The van der Waals surface area contributed by atoms with E-state index in [0.29, 0.717) is 5.69 Å². The summed E-state index contributed by atoms with van der Waals surface area (Å²) in [6, 6.07) is 5.48.